The summed E-state index contributed by atoms with van der Waals surface area (Å²) in [7, 11) is 0. The van der Waals surface area contributed by atoms with Crippen LogP contribution in [0.3, 0.4) is 0 Å². The largest absolute Gasteiger partial charge is 0.459 e. The van der Waals surface area contributed by atoms with E-state index in [1.54, 1.807) is 6.07 Å². The zero-order valence-corrected chi connectivity index (χ0v) is 10.1. The number of nitrogens with zero attached hydrogens (tertiary/aromatic N) is 1. The second-order valence-electron chi connectivity index (χ2n) is 4.04. The smallest absolute Gasteiger partial charge is 0.301 e. The Morgan fingerprint density at radius 2 is 2.35 bits per heavy atom. The van der Waals surface area contributed by atoms with Crippen molar-refractivity contribution < 1.29 is 14.3 Å². The molecule has 0 spiro atoms. The van der Waals surface area contributed by atoms with Gasteiger partial charge in [-0.3, -0.25) is 15.1 Å². The highest BCUT2D eigenvalue weighted by atomic mass is 16.3. The number of hydrogen-bond acceptors (Lipinski definition) is 5. The molecule has 0 saturated carbocycles. The molecular formula is C11H19N3O3. The summed E-state index contributed by atoms with van der Waals surface area (Å²) in [6, 6.07) is 2.00. The molecule has 0 aliphatic heterocycles. The van der Waals surface area contributed by atoms with Crippen molar-refractivity contribution in [3.8, 4) is 0 Å². The number of hydrazine groups is 1. The second kappa shape index (κ2) is 6.39. The maximum absolute atomic E-state index is 11.4. The van der Waals surface area contributed by atoms with Crippen molar-refractivity contribution in [1.29, 1.82) is 0 Å². The Morgan fingerprint density at radius 3 is 2.88 bits per heavy atom. The first-order valence-corrected chi connectivity index (χ1v) is 5.52. The van der Waals surface area contributed by atoms with E-state index in [0.717, 1.165) is 5.56 Å². The van der Waals surface area contributed by atoms with E-state index in [-0.39, 0.29) is 18.4 Å². The lowest BCUT2D eigenvalue weighted by molar-refractivity contribution is 0.0921. The van der Waals surface area contributed by atoms with Crippen molar-refractivity contribution >= 4 is 5.91 Å². The lowest BCUT2D eigenvalue weighted by Crippen LogP contribution is -2.34. The molecule has 0 aromatic carbocycles. The summed E-state index contributed by atoms with van der Waals surface area (Å²) in [4.78, 5) is 13.4. The van der Waals surface area contributed by atoms with Gasteiger partial charge in [0.05, 0.1) is 12.9 Å². The number of carbonyl (C=O) groups is 1. The molecule has 6 nitrogen and oxygen atoms in total. The minimum absolute atomic E-state index is 0.0778. The van der Waals surface area contributed by atoms with Gasteiger partial charge in [0.15, 0.2) is 5.76 Å². The number of nitrogen functional groups attached to an aromatic ring is 1. The van der Waals surface area contributed by atoms with E-state index < -0.39 is 5.91 Å². The fourth-order valence-corrected chi connectivity index (χ4v) is 1.59. The van der Waals surface area contributed by atoms with Crippen molar-refractivity contribution in [2.45, 2.75) is 26.4 Å². The van der Waals surface area contributed by atoms with Gasteiger partial charge in [-0.2, -0.15) is 0 Å². The fourth-order valence-electron chi connectivity index (χ4n) is 1.59. The molecule has 96 valence electrons. The van der Waals surface area contributed by atoms with Crippen LogP contribution in [0.2, 0.25) is 0 Å². The third kappa shape index (κ3) is 3.55. The van der Waals surface area contributed by atoms with Crippen LogP contribution < -0.4 is 11.3 Å². The zero-order valence-electron chi connectivity index (χ0n) is 10.1. The molecule has 0 aliphatic carbocycles. The summed E-state index contributed by atoms with van der Waals surface area (Å²) in [5.41, 5.74) is 2.80. The minimum Gasteiger partial charge on any atom is -0.459 e. The third-order valence-electron chi connectivity index (χ3n) is 2.58. The predicted octanol–water partition coefficient (Wildman–Crippen LogP) is 0.0858. The zero-order chi connectivity index (χ0) is 12.8. The standard InChI is InChI=1S/C11H19N3O3/c1-8(2)14(4-5-15)7-9-3-6-17-10(9)11(16)13-12/h3,6,8,15H,4-5,7,12H2,1-2H3,(H,13,16). The molecule has 6 heteroatoms. The number of furan rings is 1. The van der Waals surface area contributed by atoms with Crippen molar-refractivity contribution in [2.24, 2.45) is 5.84 Å². The van der Waals surface area contributed by atoms with Gasteiger partial charge in [0.2, 0.25) is 0 Å². The fraction of sp³-hybridized carbons (Fsp3) is 0.545. The van der Waals surface area contributed by atoms with Gasteiger partial charge in [0.1, 0.15) is 0 Å². The maximum atomic E-state index is 11.4. The van der Waals surface area contributed by atoms with Gasteiger partial charge in [-0.25, -0.2) is 5.84 Å². The summed E-state index contributed by atoms with van der Waals surface area (Å²) < 4.78 is 5.09. The van der Waals surface area contributed by atoms with Crippen LogP contribution in [0, 0.1) is 0 Å². The number of rotatable bonds is 6. The monoisotopic (exact) mass is 241 g/mol. The second-order valence-corrected chi connectivity index (χ2v) is 4.04. The van der Waals surface area contributed by atoms with Crippen molar-refractivity contribution in [3.05, 3.63) is 23.7 Å². The number of aliphatic hydroxyl groups is 1. The Bertz CT molecular complexity index is 363. The van der Waals surface area contributed by atoms with E-state index in [1.807, 2.05) is 24.2 Å². The lowest BCUT2D eigenvalue weighted by Gasteiger charge is -2.25. The Balaban J connectivity index is 2.79. The first-order chi connectivity index (χ1) is 8.10. The van der Waals surface area contributed by atoms with Gasteiger partial charge in [0.25, 0.3) is 0 Å². The number of hydrogen-bond donors (Lipinski definition) is 3. The highest BCUT2D eigenvalue weighted by Crippen LogP contribution is 2.14. The minimum atomic E-state index is -0.447. The molecule has 1 aromatic heterocycles. The number of nitrogens with one attached hydrogen (secondary N) is 1. The first kappa shape index (κ1) is 13.7. The van der Waals surface area contributed by atoms with Crippen LogP contribution >= 0.6 is 0 Å². The van der Waals surface area contributed by atoms with Crippen LogP contribution in [0.25, 0.3) is 0 Å². The molecule has 0 aliphatic rings. The molecule has 0 saturated heterocycles. The molecule has 1 rings (SSSR count). The van der Waals surface area contributed by atoms with Gasteiger partial charge in [-0.1, -0.05) is 0 Å². The highest BCUT2D eigenvalue weighted by Gasteiger charge is 2.18. The topological polar surface area (TPSA) is 91.7 Å². The molecule has 0 unspecified atom stereocenters. The van der Waals surface area contributed by atoms with E-state index >= 15 is 0 Å². The van der Waals surface area contributed by atoms with Crippen LogP contribution in [-0.4, -0.2) is 35.1 Å². The van der Waals surface area contributed by atoms with Gasteiger partial charge >= 0.3 is 5.91 Å². The average molecular weight is 241 g/mol. The number of carbonyl (C=O) groups excluding carboxylic acids is 1. The SMILES string of the molecule is CC(C)N(CCO)Cc1ccoc1C(=O)NN. The molecule has 17 heavy (non-hydrogen) atoms. The van der Waals surface area contributed by atoms with Crippen LogP contribution in [-0.2, 0) is 6.54 Å². The van der Waals surface area contributed by atoms with Crippen molar-refractivity contribution in [1.82, 2.24) is 10.3 Å². The summed E-state index contributed by atoms with van der Waals surface area (Å²) >= 11 is 0. The van der Waals surface area contributed by atoms with Crippen LogP contribution in [0.5, 0.6) is 0 Å². The lowest BCUT2D eigenvalue weighted by atomic mass is 10.2. The number of aliphatic hydroxyl groups excluding tert-OH is 1. The Labute approximate surface area is 100 Å². The van der Waals surface area contributed by atoms with Crippen molar-refractivity contribution in [2.75, 3.05) is 13.2 Å². The molecular weight excluding hydrogens is 222 g/mol. The molecule has 0 radical (unpaired) electrons. The Morgan fingerprint density at radius 1 is 1.65 bits per heavy atom. The molecule has 1 amide bonds. The van der Waals surface area contributed by atoms with E-state index in [1.165, 1.54) is 6.26 Å². The van der Waals surface area contributed by atoms with E-state index in [2.05, 4.69) is 0 Å². The summed E-state index contributed by atoms with van der Waals surface area (Å²) in [6.07, 6.45) is 1.46. The molecule has 0 fully saturated rings. The molecule has 0 bridgehead atoms. The van der Waals surface area contributed by atoms with Gasteiger partial charge in [-0.15, -0.1) is 0 Å². The van der Waals surface area contributed by atoms with Crippen LogP contribution in [0.1, 0.15) is 30.0 Å². The summed E-state index contributed by atoms with van der Waals surface area (Å²) in [6.45, 7) is 5.22. The molecule has 1 heterocycles. The quantitative estimate of drug-likeness (QED) is 0.373. The van der Waals surface area contributed by atoms with E-state index in [9.17, 15) is 4.79 Å². The molecule has 1 aromatic rings. The first-order valence-electron chi connectivity index (χ1n) is 5.52. The van der Waals surface area contributed by atoms with Gasteiger partial charge in [0, 0.05) is 24.7 Å². The van der Waals surface area contributed by atoms with Crippen molar-refractivity contribution in [3.63, 3.8) is 0 Å². The number of nitrogens with two attached hydrogens (primary N) is 1. The van der Waals surface area contributed by atoms with Crippen LogP contribution in [0.15, 0.2) is 16.7 Å². The van der Waals surface area contributed by atoms with Gasteiger partial charge in [-0.05, 0) is 19.9 Å². The van der Waals surface area contributed by atoms with Crippen LogP contribution in [0.4, 0.5) is 0 Å². The van der Waals surface area contributed by atoms with E-state index in [0.29, 0.717) is 13.1 Å². The highest BCUT2D eigenvalue weighted by molar-refractivity contribution is 5.92. The molecule has 4 N–H and O–H groups in total. The average Bonchev–Trinajstić information content (AvgIpc) is 2.75. The summed E-state index contributed by atoms with van der Waals surface area (Å²) in [5.74, 6) is 4.84. The Hall–Kier alpha value is -1.37. The Kier molecular flexibility index (Phi) is 5.14. The normalized spacial score (nSPS) is 11.2. The molecule has 0 atom stereocenters. The van der Waals surface area contributed by atoms with Gasteiger partial charge < -0.3 is 9.52 Å². The van der Waals surface area contributed by atoms with E-state index in [4.69, 9.17) is 15.4 Å². The third-order valence-corrected chi connectivity index (χ3v) is 2.58. The predicted molar refractivity (Wildman–Crippen MR) is 63.0 cm³/mol. The maximum Gasteiger partial charge on any atom is 0.301 e. The summed E-state index contributed by atoms with van der Waals surface area (Å²) in [5, 5.41) is 8.97. The number of amides is 1.